The molecule has 0 saturated carbocycles. The molecule has 0 fully saturated rings. The fourth-order valence-electron chi connectivity index (χ4n) is 2.16. The van der Waals surface area contributed by atoms with E-state index in [2.05, 4.69) is 17.1 Å². The molecule has 1 aromatic rings. The van der Waals surface area contributed by atoms with Crippen LogP contribution in [0.2, 0.25) is 0 Å². The van der Waals surface area contributed by atoms with Gasteiger partial charge in [-0.3, -0.25) is 4.79 Å². The zero-order valence-corrected chi connectivity index (χ0v) is 11.0. The summed E-state index contributed by atoms with van der Waals surface area (Å²) in [5.74, 6) is -0.110. The van der Waals surface area contributed by atoms with E-state index >= 15 is 0 Å². The first-order chi connectivity index (χ1) is 9.20. The van der Waals surface area contributed by atoms with Crippen molar-refractivity contribution in [1.29, 1.82) is 0 Å². The highest BCUT2D eigenvalue weighted by atomic mass is 16.2. The molecule has 100 valence electrons. The smallest absolute Gasteiger partial charge is 0.259 e. The molecular formula is C14H18N4O. The first-order valence-corrected chi connectivity index (χ1v) is 6.25. The number of nitrogens with two attached hydrogens (primary N) is 1. The Hall–Kier alpha value is -2.14. The van der Waals surface area contributed by atoms with E-state index in [0.29, 0.717) is 24.4 Å². The highest BCUT2D eigenvalue weighted by Crippen LogP contribution is 2.30. The summed E-state index contributed by atoms with van der Waals surface area (Å²) in [6.07, 6.45) is 0.756. The molecular weight excluding hydrogens is 240 g/mol. The molecule has 0 aliphatic carbocycles. The Bertz CT molecular complexity index is 536. The molecule has 3 N–H and O–H groups in total. The first kappa shape index (κ1) is 13.3. The number of benzene rings is 1. The summed E-state index contributed by atoms with van der Waals surface area (Å²) in [5.41, 5.74) is 11.0. The van der Waals surface area contributed by atoms with Crippen molar-refractivity contribution in [2.24, 2.45) is 10.8 Å². The summed E-state index contributed by atoms with van der Waals surface area (Å²) in [4.78, 5) is 14.1. The molecule has 5 heteroatoms. The quantitative estimate of drug-likeness (QED) is 0.621. The topological polar surface area (TPSA) is 70.7 Å². The van der Waals surface area contributed by atoms with Crippen molar-refractivity contribution in [3.63, 3.8) is 0 Å². The van der Waals surface area contributed by atoms with Gasteiger partial charge in [-0.2, -0.15) is 5.10 Å². The Morgan fingerprint density at radius 2 is 2.16 bits per heavy atom. The number of rotatable bonds is 4. The standard InChI is InChI=1S/C14H18N4O/c1-10-13(17-16-2)11-6-3-4-7-12(11)18(14(10)19)9-5-8-15/h3-4,6-7,16H,1,5,8-9,15H2,2H3/b17-13+. The van der Waals surface area contributed by atoms with Gasteiger partial charge in [0.1, 0.15) is 5.71 Å². The van der Waals surface area contributed by atoms with Gasteiger partial charge in [0.25, 0.3) is 5.91 Å². The highest BCUT2D eigenvalue weighted by molar-refractivity contribution is 6.36. The largest absolute Gasteiger partial charge is 0.330 e. The molecule has 0 unspecified atom stereocenters. The SMILES string of the molecule is C=C1C(=O)N(CCCN)c2ccccc2/C1=N/NC. The number of hydrazone groups is 1. The van der Waals surface area contributed by atoms with Gasteiger partial charge in [0, 0.05) is 19.2 Å². The van der Waals surface area contributed by atoms with Gasteiger partial charge in [-0.15, -0.1) is 0 Å². The van der Waals surface area contributed by atoms with Crippen LogP contribution in [-0.2, 0) is 4.79 Å². The van der Waals surface area contributed by atoms with Gasteiger partial charge in [0.15, 0.2) is 0 Å². The summed E-state index contributed by atoms with van der Waals surface area (Å²) in [6, 6.07) is 7.70. The minimum atomic E-state index is -0.110. The number of fused-ring (bicyclic) bond motifs is 1. The van der Waals surface area contributed by atoms with E-state index in [0.717, 1.165) is 17.7 Å². The van der Waals surface area contributed by atoms with Crippen molar-refractivity contribution in [3.8, 4) is 0 Å². The predicted molar refractivity (Wildman–Crippen MR) is 77.2 cm³/mol. The molecule has 5 nitrogen and oxygen atoms in total. The first-order valence-electron chi connectivity index (χ1n) is 6.25. The fourth-order valence-corrected chi connectivity index (χ4v) is 2.16. The van der Waals surface area contributed by atoms with Crippen LogP contribution in [0.1, 0.15) is 12.0 Å². The van der Waals surface area contributed by atoms with Crippen molar-refractivity contribution in [2.45, 2.75) is 6.42 Å². The van der Waals surface area contributed by atoms with Crippen LogP contribution in [0.25, 0.3) is 0 Å². The predicted octanol–water partition coefficient (Wildman–Crippen LogP) is 0.862. The van der Waals surface area contributed by atoms with Crippen molar-refractivity contribution in [3.05, 3.63) is 42.0 Å². The molecule has 0 saturated heterocycles. The third-order valence-electron chi connectivity index (χ3n) is 3.05. The number of carbonyl (C=O) groups is 1. The molecule has 1 amide bonds. The van der Waals surface area contributed by atoms with Gasteiger partial charge < -0.3 is 16.1 Å². The van der Waals surface area contributed by atoms with E-state index in [4.69, 9.17) is 5.73 Å². The summed E-state index contributed by atoms with van der Waals surface area (Å²) in [5, 5.41) is 4.17. The summed E-state index contributed by atoms with van der Waals surface area (Å²) in [6.45, 7) is 5.01. The molecule has 0 atom stereocenters. The van der Waals surface area contributed by atoms with E-state index in [1.807, 2.05) is 24.3 Å². The van der Waals surface area contributed by atoms with E-state index in [1.54, 1.807) is 11.9 Å². The second-order valence-corrected chi connectivity index (χ2v) is 4.28. The summed E-state index contributed by atoms with van der Waals surface area (Å²) < 4.78 is 0. The molecule has 1 aliphatic rings. The van der Waals surface area contributed by atoms with Crippen molar-refractivity contribution in [2.75, 3.05) is 25.0 Å². The Morgan fingerprint density at radius 3 is 2.84 bits per heavy atom. The lowest BCUT2D eigenvalue weighted by molar-refractivity contribution is -0.114. The Labute approximate surface area is 112 Å². The van der Waals surface area contributed by atoms with Gasteiger partial charge in [-0.05, 0) is 19.0 Å². The third kappa shape index (κ3) is 2.37. The average molecular weight is 258 g/mol. The van der Waals surface area contributed by atoms with Crippen LogP contribution in [0.3, 0.4) is 0 Å². The average Bonchev–Trinajstić information content (AvgIpc) is 2.44. The zero-order valence-electron chi connectivity index (χ0n) is 11.0. The second-order valence-electron chi connectivity index (χ2n) is 4.28. The highest BCUT2D eigenvalue weighted by Gasteiger charge is 2.31. The van der Waals surface area contributed by atoms with Gasteiger partial charge in [0.2, 0.25) is 0 Å². The molecule has 1 aliphatic heterocycles. The number of hydrogen-bond donors (Lipinski definition) is 2. The fraction of sp³-hybridized carbons (Fsp3) is 0.286. The molecule has 1 heterocycles. The third-order valence-corrected chi connectivity index (χ3v) is 3.05. The number of anilines is 1. The van der Waals surface area contributed by atoms with Crippen molar-refractivity contribution in [1.82, 2.24) is 5.43 Å². The van der Waals surface area contributed by atoms with Crippen molar-refractivity contribution < 1.29 is 4.79 Å². The van der Waals surface area contributed by atoms with E-state index in [-0.39, 0.29) is 5.91 Å². The molecule has 0 aromatic heterocycles. The number of hydrogen-bond acceptors (Lipinski definition) is 4. The maximum atomic E-state index is 12.4. The van der Waals surface area contributed by atoms with Crippen LogP contribution >= 0.6 is 0 Å². The zero-order chi connectivity index (χ0) is 13.8. The minimum Gasteiger partial charge on any atom is -0.330 e. The van der Waals surface area contributed by atoms with Crippen molar-refractivity contribution >= 4 is 17.3 Å². The molecule has 2 rings (SSSR count). The van der Waals surface area contributed by atoms with Crippen LogP contribution in [0.4, 0.5) is 5.69 Å². The normalized spacial score (nSPS) is 16.7. The maximum absolute atomic E-state index is 12.4. The minimum absolute atomic E-state index is 0.110. The molecule has 19 heavy (non-hydrogen) atoms. The van der Waals surface area contributed by atoms with Crippen LogP contribution in [0.5, 0.6) is 0 Å². The van der Waals surface area contributed by atoms with Gasteiger partial charge >= 0.3 is 0 Å². The van der Waals surface area contributed by atoms with Crippen LogP contribution in [-0.4, -0.2) is 31.8 Å². The lowest BCUT2D eigenvalue weighted by Crippen LogP contribution is -2.41. The van der Waals surface area contributed by atoms with Crippen LogP contribution < -0.4 is 16.1 Å². The molecule has 0 bridgehead atoms. The Morgan fingerprint density at radius 1 is 1.42 bits per heavy atom. The number of nitrogens with one attached hydrogen (secondary N) is 1. The molecule has 0 radical (unpaired) electrons. The van der Waals surface area contributed by atoms with Crippen LogP contribution in [0.15, 0.2) is 41.5 Å². The number of para-hydroxylation sites is 1. The van der Waals surface area contributed by atoms with E-state index in [9.17, 15) is 4.79 Å². The Balaban J connectivity index is 2.50. The van der Waals surface area contributed by atoms with Gasteiger partial charge in [-0.1, -0.05) is 24.8 Å². The van der Waals surface area contributed by atoms with E-state index in [1.165, 1.54) is 0 Å². The van der Waals surface area contributed by atoms with E-state index < -0.39 is 0 Å². The lowest BCUT2D eigenvalue weighted by Gasteiger charge is -2.31. The molecule has 0 spiro atoms. The number of nitrogens with zero attached hydrogens (tertiary/aromatic N) is 2. The van der Waals surface area contributed by atoms with Gasteiger partial charge in [0.05, 0.1) is 11.3 Å². The lowest BCUT2D eigenvalue weighted by atomic mass is 9.95. The maximum Gasteiger partial charge on any atom is 0.259 e. The number of amides is 1. The summed E-state index contributed by atoms with van der Waals surface area (Å²) in [7, 11) is 1.70. The molecule has 1 aromatic carbocycles. The summed E-state index contributed by atoms with van der Waals surface area (Å²) >= 11 is 0. The second kappa shape index (κ2) is 5.67. The Kier molecular flexibility index (Phi) is 3.97. The van der Waals surface area contributed by atoms with Gasteiger partial charge in [-0.25, -0.2) is 0 Å². The number of carbonyl (C=O) groups excluding carboxylic acids is 1. The van der Waals surface area contributed by atoms with Crippen LogP contribution in [0, 0.1) is 0 Å². The monoisotopic (exact) mass is 258 g/mol.